The summed E-state index contributed by atoms with van der Waals surface area (Å²) < 4.78 is 4.97. The molecule has 0 bridgehead atoms. The van der Waals surface area contributed by atoms with Gasteiger partial charge in [-0.25, -0.2) is 4.79 Å². The van der Waals surface area contributed by atoms with Crippen molar-refractivity contribution in [1.29, 1.82) is 0 Å². The molecule has 0 aromatic carbocycles. The van der Waals surface area contributed by atoms with E-state index in [1.165, 1.54) is 18.7 Å². The zero-order valence-electron chi connectivity index (χ0n) is 13.1. The molecule has 8 nitrogen and oxygen atoms in total. The Morgan fingerprint density at radius 3 is 2.57 bits per heavy atom. The molecule has 0 aliphatic carbocycles. The molecule has 0 spiro atoms. The third-order valence-electron chi connectivity index (χ3n) is 4.19. The van der Waals surface area contributed by atoms with Crippen LogP contribution < -0.4 is 5.73 Å². The van der Waals surface area contributed by atoms with Crippen molar-refractivity contribution in [3.05, 3.63) is 11.3 Å². The van der Waals surface area contributed by atoms with Crippen LogP contribution >= 0.6 is 11.8 Å². The van der Waals surface area contributed by atoms with E-state index in [1.54, 1.807) is 0 Å². The van der Waals surface area contributed by atoms with Gasteiger partial charge in [-0.2, -0.15) is 0 Å². The molecule has 2 unspecified atom stereocenters. The van der Waals surface area contributed by atoms with Gasteiger partial charge in [0.15, 0.2) is 0 Å². The van der Waals surface area contributed by atoms with Crippen LogP contribution in [0.25, 0.3) is 0 Å². The van der Waals surface area contributed by atoms with Gasteiger partial charge in [0.1, 0.15) is 22.7 Å². The molecule has 23 heavy (non-hydrogen) atoms. The second kappa shape index (κ2) is 6.14. The lowest BCUT2D eigenvalue weighted by Crippen LogP contribution is -2.80. The molecule has 2 heterocycles. The Balaban J connectivity index is 2.44. The lowest BCUT2D eigenvalue weighted by atomic mass is 9.77. The fraction of sp³-hybridized carbons (Fsp3) is 0.643. The van der Waals surface area contributed by atoms with E-state index in [9.17, 15) is 24.6 Å². The average Bonchev–Trinajstić information content (AvgIpc) is 2.49. The first-order valence-corrected chi connectivity index (χ1v) is 8.19. The Kier molecular flexibility index (Phi) is 4.74. The number of carboxylic acids is 1. The number of thioether (sulfide) groups is 1. The number of carbonyl (C=O) groups excluding carboxylic acids is 2. The minimum absolute atomic E-state index is 0.151. The summed E-state index contributed by atoms with van der Waals surface area (Å²) in [6.07, 6.45) is -1.09. The zero-order valence-corrected chi connectivity index (χ0v) is 13.9. The predicted octanol–water partition coefficient (Wildman–Crippen LogP) is -0.482. The molecule has 0 aromatic rings. The first-order valence-electron chi connectivity index (χ1n) is 7.14. The van der Waals surface area contributed by atoms with Crippen molar-refractivity contribution in [2.75, 3.05) is 12.4 Å². The highest BCUT2D eigenvalue weighted by Gasteiger charge is 2.64. The monoisotopic (exact) mass is 344 g/mol. The number of aliphatic carboxylic acids is 1. The molecule has 1 amide bonds. The summed E-state index contributed by atoms with van der Waals surface area (Å²) in [5, 5.41) is 18.4. The number of esters is 1. The molecule has 4 N–H and O–H groups in total. The quantitative estimate of drug-likeness (QED) is 0.450. The lowest BCUT2D eigenvalue weighted by molar-refractivity contribution is -0.158. The molecular formula is C14H20N2O6S. The molecule has 1 fully saturated rings. The van der Waals surface area contributed by atoms with Crippen LogP contribution in [0.1, 0.15) is 20.8 Å². The van der Waals surface area contributed by atoms with Gasteiger partial charge in [0.2, 0.25) is 0 Å². The number of nitrogens with zero attached hydrogens (tertiary/aromatic N) is 1. The molecule has 0 radical (unpaired) electrons. The van der Waals surface area contributed by atoms with Crippen molar-refractivity contribution in [3.8, 4) is 0 Å². The van der Waals surface area contributed by atoms with Gasteiger partial charge in [0.25, 0.3) is 5.91 Å². The lowest BCUT2D eigenvalue weighted by Gasteiger charge is -2.57. The Bertz CT molecular complexity index is 590. The number of aliphatic hydroxyl groups is 1. The third kappa shape index (κ3) is 2.62. The predicted molar refractivity (Wildman–Crippen MR) is 82.2 cm³/mol. The van der Waals surface area contributed by atoms with Gasteiger partial charge in [-0.05, 0) is 5.92 Å². The smallest absolute Gasteiger partial charge is 0.352 e. The maximum Gasteiger partial charge on any atom is 0.352 e. The number of β-lactam (4-membered cyclic amide) rings is 1. The van der Waals surface area contributed by atoms with Crippen LogP contribution in [0.5, 0.6) is 0 Å². The van der Waals surface area contributed by atoms with Crippen LogP contribution in [0.3, 0.4) is 0 Å². The molecule has 1 saturated heterocycles. The Morgan fingerprint density at radius 1 is 1.52 bits per heavy atom. The summed E-state index contributed by atoms with van der Waals surface area (Å²) in [6.45, 7) is 4.23. The van der Waals surface area contributed by atoms with E-state index in [0.717, 1.165) is 4.90 Å². The molecule has 2 aliphatic heterocycles. The number of aliphatic hydroxyl groups excluding tert-OH is 1. The van der Waals surface area contributed by atoms with Crippen molar-refractivity contribution in [1.82, 2.24) is 4.90 Å². The van der Waals surface area contributed by atoms with Crippen LogP contribution in [0.2, 0.25) is 0 Å². The number of nitrogens with two attached hydrogens (primary N) is 1. The highest BCUT2D eigenvalue weighted by atomic mass is 32.2. The summed E-state index contributed by atoms with van der Waals surface area (Å²) in [5.74, 6) is -2.37. The first-order chi connectivity index (χ1) is 10.7. The number of carboxylic acid groups (broad SMARTS) is 1. The highest BCUT2D eigenvalue weighted by Crippen LogP contribution is 2.48. The van der Waals surface area contributed by atoms with Crippen molar-refractivity contribution in [2.24, 2.45) is 11.7 Å². The maximum atomic E-state index is 12.5. The summed E-state index contributed by atoms with van der Waals surface area (Å²) >= 11 is 1.31. The van der Waals surface area contributed by atoms with Gasteiger partial charge in [-0.1, -0.05) is 13.8 Å². The molecule has 0 aromatic heterocycles. The molecule has 2 aliphatic rings. The zero-order chi connectivity index (χ0) is 17.5. The van der Waals surface area contributed by atoms with Crippen molar-refractivity contribution < 1.29 is 29.3 Å². The number of rotatable bonds is 5. The van der Waals surface area contributed by atoms with Crippen molar-refractivity contribution in [2.45, 2.75) is 37.8 Å². The fourth-order valence-electron chi connectivity index (χ4n) is 2.83. The van der Waals surface area contributed by atoms with E-state index in [2.05, 4.69) is 0 Å². The molecule has 2 rings (SSSR count). The van der Waals surface area contributed by atoms with E-state index < -0.39 is 41.5 Å². The number of ether oxygens (including phenoxy) is 1. The Labute approximate surface area is 137 Å². The van der Waals surface area contributed by atoms with Gasteiger partial charge in [-0.15, -0.1) is 11.8 Å². The molecular weight excluding hydrogens is 324 g/mol. The van der Waals surface area contributed by atoms with E-state index in [1.807, 2.05) is 13.8 Å². The van der Waals surface area contributed by atoms with E-state index in [-0.39, 0.29) is 22.9 Å². The van der Waals surface area contributed by atoms with Crippen LogP contribution in [0, 0.1) is 5.92 Å². The van der Waals surface area contributed by atoms with Crippen molar-refractivity contribution >= 4 is 29.6 Å². The number of carbonyl (C=O) groups is 3. The van der Waals surface area contributed by atoms with Crippen molar-refractivity contribution in [3.63, 3.8) is 0 Å². The van der Waals surface area contributed by atoms with E-state index >= 15 is 0 Å². The van der Waals surface area contributed by atoms with Gasteiger partial charge in [0.05, 0.1) is 6.61 Å². The third-order valence-corrected chi connectivity index (χ3v) is 5.59. The van der Waals surface area contributed by atoms with Gasteiger partial charge < -0.3 is 20.7 Å². The molecule has 9 heteroatoms. The Hall–Kier alpha value is -1.58. The van der Waals surface area contributed by atoms with E-state index in [0.29, 0.717) is 0 Å². The minimum Gasteiger partial charge on any atom is -0.477 e. The number of hydrogen-bond donors (Lipinski definition) is 3. The van der Waals surface area contributed by atoms with Gasteiger partial charge in [0, 0.05) is 18.2 Å². The van der Waals surface area contributed by atoms with Crippen LogP contribution in [-0.2, 0) is 19.1 Å². The summed E-state index contributed by atoms with van der Waals surface area (Å²) in [6, 6.07) is 0. The SMILES string of the molecule is CC(=O)OC(CO)C1=C(C(=O)O)N2C(=O)C(N)(C(C)C)[C@H]2SC1. The number of fused-ring (bicyclic) bond motifs is 1. The topological polar surface area (TPSA) is 130 Å². The molecule has 128 valence electrons. The fourth-order valence-corrected chi connectivity index (χ4v) is 4.49. The van der Waals surface area contributed by atoms with Gasteiger partial charge in [-0.3, -0.25) is 14.5 Å². The largest absolute Gasteiger partial charge is 0.477 e. The van der Waals surface area contributed by atoms with Crippen LogP contribution in [0.4, 0.5) is 0 Å². The van der Waals surface area contributed by atoms with Gasteiger partial charge >= 0.3 is 11.9 Å². The molecule has 0 saturated carbocycles. The number of amides is 1. The summed E-state index contributed by atoms with van der Waals surface area (Å²) in [5.41, 5.74) is 5.02. The normalized spacial score (nSPS) is 28.3. The summed E-state index contributed by atoms with van der Waals surface area (Å²) in [7, 11) is 0. The average molecular weight is 344 g/mol. The maximum absolute atomic E-state index is 12.5. The minimum atomic E-state index is -1.31. The van der Waals surface area contributed by atoms with E-state index in [4.69, 9.17) is 10.5 Å². The second-order valence-corrected chi connectivity index (χ2v) is 6.95. The summed E-state index contributed by atoms with van der Waals surface area (Å²) in [4.78, 5) is 36.4. The highest BCUT2D eigenvalue weighted by molar-refractivity contribution is 8.00. The number of hydrogen-bond acceptors (Lipinski definition) is 7. The Morgan fingerprint density at radius 2 is 2.13 bits per heavy atom. The second-order valence-electron chi connectivity index (χ2n) is 5.89. The standard InChI is InChI=1S/C14H20N2O6S/c1-6(2)14(15)12(21)16-10(11(19)20)8(5-23-13(14)16)9(4-17)22-7(3)18/h6,9,13,17H,4-5,15H2,1-3H3,(H,19,20)/t9?,13-,14?/m1/s1. The first kappa shape index (κ1) is 17.8. The van der Waals surface area contributed by atoms with Crippen LogP contribution in [0.15, 0.2) is 11.3 Å². The molecule has 3 atom stereocenters. The van der Waals surface area contributed by atoms with Crippen LogP contribution in [-0.4, -0.2) is 62.3 Å².